The van der Waals surface area contributed by atoms with Crippen molar-refractivity contribution in [2.24, 2.45) is 0 Å². The van der Waals surface area contributed by atoms with Gasteiger partial charge in [-0.25, -0.2) is 0 Å². The molecule has 12 heavy (non-hydrogen) atoms. The van der Waals surface area contributed by atoms with Gasteiger partial charge in [0.1, 0.15) is 0 Å². The first-order valence-corrected chi connectivity index (χ1v) is 4.99. The van der Waals surface area contributed by atoms with Crippen molar-refractivity contribution in [2.75, 3.05) is 33.2 Å². The monoisotopic (exact) mass is 171 g/mol. The van der Waals surface area contributed by atoms with Crippen molar-refractivity contribution in [1.29, 1.82) is 0 Å². The lowest BCUT2D eigenvalue weighted by Crippen LogP contribution is -2.56. The van der Waals surface area contributed by atoms with Gasteiger partial charge in [0.15, 0.2) is 0 Å². The molecule has 1 saturated heterocycles. The molecule has 72 valence electrons. The summed E-state index contributed by atoms with van der Waals surface area (Å²) < 4.78 is 0. The van der Waals surface area contributed by atoms with E-state index >= 15 is 0 Å². The highest BCUT2D eigenvalue weighted by molar-refractivity contribution is 4.74. The van der Waals surface area contributed by atoms with Gasteiger partial charge in [0.05, 0.1) is 6.17 Å². The summed E-state index contributed by atoms with van der Waals surface area (Å²) in [6.07, 6.45) is 3.13. The van der Waals surface area contributed by atoms with Crippen LogP contribution >= 0.6 is 0 Å². The van der Waals surface area contributed by atoms with E-state index in [1.54, 1.807) is 0 Å². The Balaban J connectivity index is 2.15. The fourth-order valence-electron chi connectivity index (χ4n) is 1.51. The normalized spacial score (nSPS) is 24.8. The van der Waals surface area contributed by atoms with Gasteiger partial charge in [0.2, 0.25) is 0 Å². The van der Waals surface area contributed by atoms with Gasteiger partial charge < -0.3 is 5.32 Å². The molecule has 0 spiro atoms. The van der Waals surface area contributed by atoms with E-state index in [2.05, 4.69) is 29.5 Å². The van der Waals surface area contributed by atoms with E-state index in [0.717, 1.165) is 19.6 Å². The van der Waals surface area contributed by atoms with E-state index in [9.17, 15) is 0 Å². The standard InChI is InChI=1S/C9H21N3/c1-3-4-7-12(2)9-8-10-5-6-11-9/h9-11H,3-8H2,1-2H3. The number of rotatable bonds is 4. The van der Waals surface area contributed by atoms with E-state index in [-0.39, 0.29) is 0 Å². The zero-order valence-corrected chi connectivity index (χ0v) is 8.27. The molecule has 0 saturated carbocycles. The van der Waals surface area contributed by atoms with Crippen molar-refractivity contribution in [3.63, 3.8) is 0 Å². The molecular weight excluding hydrogens is 150 g/mol. The van der Waals surface area contributed by atoms with Crippen LogP contribution in [0.2, 0.25) is 0 Å². The number of nitrogens with one attached hydrogen (secondary N) is 2. The summed E-state index contributed by atoms with van der Waals surface area (Å²) in [5.41, 5.74) is 0. The third-order valence-corrected chi connectivity index (χ3v) is 2.42. The van der Waals surface area contributed by atoms with Crippen LogP contribution in [-0.2, 0) is 0 Å². The fourth-order valence-corrected chi connectivity index (χ4v) is 1.51. The van der Waals surface area contributed by atoms with Crippen molar-refractivity contribution >= 4 is 0 Å². The first-order valence-electron chi connectivity index (χ1n) is 4.99. The van der Waals surface area contributed by atoms with E-state index in [0.29, 0.717) is 6.17 Å². The van der Waals surface area contributed by atoms with Gasteiger partial charge in [-0.2, -0.15) is 0 Å². The number of unbranched alkanes of at least 4 members (excludes halogenated alkanes) is 1. The minimum atomic E-state index is 0.547. The lowest BCUT2D eigenvalue weighted by Gasteiger charge is -2.32. The molecule has 1 fully saturated rings. The van der Waals surface area contributed by atoms with E-state index in [1.165, 1.54) is 19.4 Å². The molecule has 0 radical (unpaired) electrons. The van der Waals surface area contributed by atoms with Crippen molar-refractivity contribution < 1.29 is 0 Å². The first kappa shape index (κ1) is 9.96. The molecule has 1 heterocycles. The lowest BCUT2D eigenvalue weighted by atomic mass is 10.3. The third-order valence-electron chi connectivity index (χ3n) is 2.42. The number of hydrogen-bond donors (Lipinski definition) is 2. The lowest BCUT2D eigenvalue weighted by molar-refractivity contribution is 0.180. The zero-order valence-electron chi connectivity index (χ0n) is 8.27. The van der Waals surface area contributed by atoms with Gasteiger partial charge in [-0.15, -0.1) is 0 Å². The second-order valence-electron chi connectivity index (χ2n) is 3.51. The van der Waals surface area contributed by atoms with Gasteiger partial charge in [0, 0.05) is 19.6 Å². The minimum Gasteiger partial charge on any atom is -0.313 e. The molecule has 0 bridgehead atoms. The molecule has 2 N–H and O–H groups in total. The van der Waals surface area contributed by atoms with Gasteiger partial charge in [0.25, 0.3) is 0 Å². The maximum Gasteiger partial charge on any atom is 0.0723 e. The fraction of sp³-hybridized carbons (Fsp3) is 1.00. The Hall–Kier alpha value is -0.120. The molecule has 3 nitrogen and oxygen atoms in total. The Morgan fingerprint density at radius 1 is 1.42 bits per heavy atom. The van der Waals surface area contributed by atoms with Crippen LogP contribution in [0.4, 0.5) is 0 Å². The highest BCUT2D eigenvalue weighted by Gasteiger charge is 2.15. The molecule has 1 atom stereocenters. The maximum atomic E-state index is 3.49. The second kappa shape index (κ2) is 5.51. The summed E-state index contributed by atoms with van der Waals surface area (Å²) in [4.78, 5) is 2.40. The van der Waals surface area contributed by atoms with Gasteiger partial charge in [-0.1, -0.05) is 13.3 Å². The summed E-state index contributed by atoms with van der Waals surface area (Å²) in [5, 5.41) is 6.88. The smallest absolute Gasteiger partial charge is 0.0723 e. The molecule has 1 unspecified atom stereocenters. The summed E-state index contributed by atoms with van der Waals surface area (Å²) in [5.74, 6) is 0. The molecule has 1 aliphatic heterocycles. The van der Waals surface area contributed by atoms with Crippen LogP contribution in [0.25, 0.3) is 0 Å². The molecular formula is C9H21N3. The van der Waals surface area contributed by atoms with E-state index in [4.69, 9.17) is 0 Å². The predicted molar refractivity (Wildman–Crippen MR) is 52.2 cm³/mol. The van der Waals surface area contributed by atoms with Crippen molar-refractivity contribution in [3.05, 3.63) is 0 Å². The molecule has 1 rings (SSSR count). The average molecular weight is 171 g/mol. The quantitative estimate of drug-likeness (QED) is 0.634. The van der Waals surface area contributed by atoms with Crippen molar-refractivity contribution in [2.45, 2.75) is 25.9 Å². The first-order chi connectivity index (χ1) is 5.84. The summed E-state index contributed by atoms with van der Waals surface area (Å²) in [6, 6.07) is 0. The van der Waals surface area contributed by atoms with Crippen molar-refractivity contribution in [1.82, 2.24) is 15.5 Å². The maximum absolute atomic E-state index is 3.49. The average Bonchev–Trinajstić information content (AvgIpc) is 2.15. The predicted octanol–water partition coefficient (Wildman–Crippen LogP) is 0.237. The third kappa shape index (κ3) is 3.09. The summed E-state index contributed by atoms with van der Waals surface area (Å²) in [7, 11) is 2.19. The van der Waals surface area contributed by atoms with Gasteiger partial charge >= 0.3 is 0 Å². The molecule has 0 aromatic heterocycles. The number of hydrogen-bond acceptors (Lipinski definition) is 3. The van der Waals surface area contributed by atoms with E-state index in [1.807, 2.05) is 0 Å². The highest BCUT2D eigenvalue weighted by atomic mass is 15.3. The Labute approximate surface area is 75.5 Å². The SMILES string of the molecule is CCCCN(C)C1CNCCN1. The Kier molecular flexibility index (Phi) is 4.58. The highest BCUT2D eigenvalue weighted by Crippen LogP contribution is 1.97. The summed E-state index contributed by atoms with van der Waals surface area (Å²) >= 11 is 0. The Morgan fingerprint density at radius 3 is 2.83 bits per heavy atom. The number of likely N-dealkylation sites (N-methyl/N-ethyl adjacent to an activating group) is 1. The van der Waals surface area contributed by atoms with Crippen LogP contribution in [-0.4, -0.2) is 44.3 Å². The topological polar surface area (TPSA) is 27.3 Å². The molecule has 3 heteroatoms. The van der Waals surface area contributed by atoms with Crippen LogP contribution in [0.1, 0.15) is 19.8 Å². The van der Waals surface area contributed by atoms with Crippen molar-refractivity contribution in [3.8, 4) is 0 Å². The number of nitrogens with zero attached hydrogens (tertiary/aromatic N) is 1. The Morgan fingerprint density at radius 2 is 2.25 bits per heavy atom. The van der Waals surface area contributed by atoms with Crippen LogP contribution < -0.4 is 10.6 Å². The number of piperazine rings is 1. The Bertz CT molecular complexity index is 110. The largest absolute Gasteiger partial charge is 0.313 e. The van der Waals surface area contributed by atoms with Crippen LogP contribution in [0.3, 0.4) is 0 Å². The molecule has 0 aromatic carbocycles. The van der Waals surface area contributed by atoms with Gasteiger partial charge in [-0.3, -0.25) is 10.2 Å². The molecule has 1 aliphatic rings. The summed E-state index contributed by atoms with van der Waals surface area (Å²) in [6.45, 7) is 6.73. The zero-order chi connectivity index (χ0) is 8.81. The van der Waals surface area contributed by atoms with Crippen LogP contribution in [0.15, 0.2) is 0 Å². The molecule has 0 amide bonds. The molecule has 0 aliphatic carbocycles. The van der Waals surface area contributed by atoms with Crippen LogP contribution in [0.5, 0.6) is 0 Å². The molecule has 0 aromatic rings. The second-order valence-corrected chi connectivity index (χ2v) is 3.51. The minimum absolute atomic E-state index is 0.547. The van der Waals surface area contributed by atoms with E-state index < -0.39 is 0 Å². The van der Waals surface area contributed by atoms with Crippen LogP contribution in [0, 0.1) is 0 Å². The van der Waals surface area contributed by atoms with Gasteiger partial charge in [-0.05, 0) is 20.0 Å².